The van der Waals surface area contributed by atoms with Gasteiger partial charge >= 0.3 is 0 Å². The molecular formula is C14H12ClNO3. The molecule has 0 fully saturated rings. The lowest BCUT2D eigenvalue weighted by molar-refractivity contribution is -0.384. The van der Waals surface area contributed by atoms with Gasteiger partial charge in [-0.15, -0.1) is 11.6 Å². The highest BCUT2D eigenvalue weighted by Gasteiger charge is 2.11. The molecule has 5 heteroatoms. The van der Waals surface area contributed by atoms with E-state index >= 15 is 0 Å². The van der Waals surface area contributed by atoms with Crippen molar-refractivity contribution in [3.63, 3.8) is 0 Å². The average Bonchev–Trinajstić information content (AvgIpc) is 2.39. The zero-order valence-electron chi connectivity index (χ0n) is 10.3. The number of hydrogen-bond acceptors (Lipinski definition) is 3. The molecule has 0 aromatic heterocycles. The molecule has 0 amide bonds. The number of hydrogen-bond donors (Lipinski definition) is 0. The van der Waals surface area contributed by atoms with Crippen LogP contribution in [-0.2, 0) is 5.88 Å². The van der Waals surface area contributed by atoms with Crippen molar-refractivity contribution in [2.45, 2.75) is 12.8 Å². The Balaban J connectivity index is 2.32. The van der Waals surface area contributed by atoms with Gasteiger partial charge in [-0.25, -0.2) is 0 Å². The molecule has 4 nitrogen and oxygen atoms in total. The van der Waals surface area contributed by atoms with Gasteiger partial charge in [0.1, 0.15) is 11.5 Å². The molecule has 0 heterocycles. The topological polar surface area (TPSA) is 52.4 Å². The van der Waals surface area contributed by atoms with Gasteiger partial charge in [-0.3, -0.25) is 10.1 Å². The molecule has 2 rings (SSSR count). The molecule has 0 aliphatic heterocycles. The SMILES string of the molecule is Cc1cccc(Oc2ccc([N+](=O)[O-])cc2CCl)c1. The molecular weight excluding hydrogens is 266 g/mol. The molecule has 0 atom stereocenters. The quantitative estimate of drug-likeness (QED) is 0.472. The minimum absolute atomic E-state index is 0.00671. The van der Waals surface area contributed by atoms with Crippen LogP contribution in [0, 0.1) is 17.0 Å². The van der Waals surface area contributed by atoms with Gasteiger partial charge in [-0.1, -0.05) is 12.1 Å². The number of ether oxygens (including phenoxy) is 1. The molecule has 0 N–H and O–H groups in total. The first kappa shape index (κ1) is 13.4. The molecule has 2 aromatic rings. The van der Waals surface area contributed by atoms with E-state index < -0.39 is 4.92 Å². The predicted molar refractivity (Wildman–Crippen MR) is 73.9 cm³/mol. The predicted octanol–water partition coefficient (Wildman–Crippen LogP) is 4.43. The number of non-ortho nitro benzene ring substituents is 1. The first-order valence-electron chi connectivity index (χ1n) is 5.68. The molecule has 19 heavy (non-hydrogen) atoms. The van der Waals surface area contributed by atoms with Crippen LogP contribution < -0.4 is 4.74 Å². The first-order chi connectivity index (χ1) is 9.10. The summed E-state index contributed by atoms with van der Waals surface area (Å²) >= 11 is 5.80. The number of halogens is 1. The van der Waals surface area contributed by atoms with Crippen molar-refractivity contribution in [2.24, 2.45) is 0 Å². The van der Waals surface area contributed by atoms with Crippen LogP contribution in [-0.4, -0.2) is 4.92 Å². The average molecular weight is 278 g/mol. The lowest BCUT2D eigenvalue weighted by Gasteiger charge is -2.09. The number of alkyl halides is 1. The Kier molecular flexibility index (Phi) is 4.02. The maximum Gasteiger partial charge on any atom is 0.270 e. The number of aryl methyl sites for hydroxylation is 1. The van der Waals surface area contributed by atoms with Crippen molar-refractivity contribution in [2.75, 3.05) is 0 Å². The third-order valence-electron chi connectivity index (χ3n) is 2.62. The third-order valence-corrected chi connectivity index (χ3v) is 2.90. The summed E-state index contributed by atoms with van der Waals surface area (Å²) < 4.78 is 5.71. The van der Waals surface area contributed by atoms with Crippen LogP contribution in [0.15, 0.2) is 42.5 Å². The van der Waals surface area contributed by atoms with Crippen LogP contribution in [0.2, 0.25) is 0 Å². The largest absolute Gasteiger partial charge is 0.457 e. The van der Waals surface area contributed by atoms with Gasteiger partial charge in [0.15, 0.2) is 0 Å². The summed E-state index contributed by atoms with van der Waals surface area (Å²) in [6.45, 7) is 1.96. The summed E-state index contributed by atoms with van der Waals surface area (Å²) in [6.07, 6.45) is 0. The van der Waals surface area contributed by atoms with E-state index in [2.05, 4.69) is 0 Å². The Bertz CT molecular complexity index is 613. The van der Waals surface area contributed by atoms with E-state index in [1.807, 2.05) is 31.2 Å². The van der Waals surface area contributed by atoms with Crippen molar-refractivity contribution in [1.29, 1.82) is 0 Å². The molecule has 0 unspecified atom stereocenters. The van der Waals surface area contributed by atoms with Gasteiger partial charge in [0, 0.05) is 17.7 Å². The highest BCUT2D eigenvalue weighted by Crippen LogP contribution is 2.30. The van der Waals surface area contributed by atoms with E-state index in [0.29, 0.717) is 17.1 Å². The van der Waals surface area contributed by atoms with Crippen LogP contribution in [0.25, 0.3) is 0 Å². The maximum atomic E-state index is 10.7. The maximum absolute atomic E-state index is 10.7. The molecule has 2 aromatic carbocycles. The zero-order valence-corrected chi connectivity index (χ0v) is 11.1. The summed E-state index contributed by atoms with van der Waals surface area (Å²) in [5, 5.41) is 10.7. The van der Waals surface area contributed by atoms with Crippen LogP contribution in [0.3, 0.4) is 0 Å². The minimum atomic E-state index is -0.452. The van der Waals surface area contributed by atoms with E-state index in [1.54, 1.807) is 6.07 Å². The third kappa shape index (κ3) is 3.23. The Labute approximate surface area is 115 Å². The van der Waals surface area contributed by atoms with Gasteiger partial charge in [-0.2, -0.15) is 0 Å². The van der Waals surface area contributed by atoms with Crippen molar-refractivity contribution in [3.8, 4) is 11.5 Å². The molecule has 0 bridgehead atoms. The number of benzene rings is 2. The lowest BCUT2D eigenvalue weighted by Crippen LogP contribution is -1.93. The lowest BCUT2D eigenvalue weighted by atomic mass is 10.2. The summed E-state index contributed by atoms with van der Waals surface area (Å²) in [4.78, 5) is 10.3. The zero-order chi connectivity index (χ0) is 13.8. The van der Waals surface area contributed by atoms with E-state index in [0.717, 1.165) is 5.56 Å². The fourth-order valence-corrected chi connectivity index (χ4v) is 1.90. The fourth-order valence-electron chi connectivity index (χ4n) is 1.69. The van der Waals surface area contributed by atoms with Gasteiger partial charge < -0.3 is 4.74 Å². The van der Waals surface area contributed by atoms with E-state index in [1.165, 1.54) is 12.1 Å². The van der Waals surface area contributed by atoms with Gasteiger partial charge in [0.2, 0.25) is 0 Å². The summed E-state index contributed by atoms with van der Waals surface area (Å²) in [5.74, 6) is 1.37. The Morgan fingerprint density at radius 3 is 2.68 bits per heavy atom. The second-order valence-corrected chi connectivity index (χ2v) is 4.37. The van der Waals surface area contributed by atoms with E-state index in [4.69, 9.17) is 16.3 Å². The number of nitro benzene ring substituents is 1. The van der Waals surface area contributed by atoms with Gasteiger partial charge in [0.05, 0.1) is 10.8 Å². The summed E-state index contributed by atoms with van der Waals surface area (Å²) in [7, 11) is 0. The van der Waals surface area contributed by atoms with Crippen LogP contribution >= 0.6 is 11.6 Å². The molecule has 98 valence electrons. The highest BCUT2D eigenvalue weighted by molar-refractivity contribution is 6.17. The standard InChI is InChI=1S/C14H12ClNO3/c1-10-3-2-4-13(7-10)19-14-6-5-12(16(17)18)8-11(14)9-15/h2-8H,9H2,1H3. The normalized spacial score (nSPS) is 10.2. The highest BCUT2D eigenvalue weighted by atomic mass is 35.5. The van der Waals surface area contributed by atoms with Gasteiger partial charge in [-0.05, 0) is 30.7 Å². The van der Waals surface area contributed by atoms with E-state index in [-0.39, 0.29) is 11.6 Å². The molecule has 0 radical (unpaired) electrons. The molecule has 0 saturated carbocycles. The second-order valence-electron chi connectivity index (χ2n) is 4.10. The summed E-state index contributed by atoms with van der Waals surface area (Å²) in [6, 6.07) is 12.0. The number of nitro groups is 1. The van der Waals surface area contributed by atoms with Crippen LogP contribution in [0.5, 0.6) is 11.5 Å². The molecule has 0 aliphatic rings. The molecule has 0 saturated heterocycles. The Morgan fingerprint density at radius 2 is 2.05 bits per heavy atom. The Morgan fingerprint density at radius 1 is 1.26 bits per heavy atom. The monoisotopic (exact) mass is 277 g/mol. The van der Waals surface area contributed by atoms with E-state index in [9.17, 15) is 10.1 Å². The smallest absolute Gasteiger partial charge is 0.270 e. The van der Waals surface area contributed by atoms with Crippen molar-refractivity contribution in [1.82, 2.24) is 0 Å². The number of nitrogens with zero attached hydrogens (tertiary/aromatic N) is 1. The second kappa shape index (κ2) is 5.71. The van der Waals surface area contributed by atoms with Crippen molar-refractivity contribution in [3.05, 3.63) is 63.7 Å². The Hall–Kier alpha value is -2.07. The first-order valence-corrected chi connectivity index (χ1v) is 6.21. The van der Waals surface area contributed by atoms with Crippen molar-refractivity contribution >= 4 is 17.3 Å². The number of rotatable bonds is 4. The van der Waals surface area contributed by atoms with Crippen molar-refractivity contribution < 1.29 is 9.66 Å². The minimum Gasteiger partial charge on any atom is -0.457 e. The van der Waals surface area contributed by atoms with Crippen LogP contribution in [0.4, 0.5) is 5.69 Å². The molecule has 0 spiro atoms. The van der Waals surface area contributed by atoms with Crippen LogP contribution in [0.1, 0.15) is 11.1 Å². The summed E-state index contributed by atoms with van der Waals surface area (Å²) in [5.41, 5.74) is 1.68. The van der Waals surface area contributed by atoms with Gasteiger partial charge in [0.25, 0.3) is 5.69 Å². The fraction of sp³-hybridized carbons (Fsp3) is 0.143. The molecule has 0 aliphatic carbocycles.